The molecule has 1 saturated heterocycles. The van der Waals surface area contributed by atoms with Gasteiger partial charge in [-0.25, -0.2) is 19.9 Å². The smallest absolute Gasteiger partial charge is 0.399 e. The first-order valence-corrected chi connectivity index (χ1v) is 7.03. The van der Waals surface area contributed by atoms with Crippen LogP contribution in [0, 0.1) is 0 Å². The summed E-state index contributed by atoms with van der Waals surface area (Å²) in [5, 5.41) is 0. The Balaban J connectivity index is 1.91. The highest BCUT2D eigenvalue weighted by molar-refractivity contribution is 6.63. The molecule has 2 aromatic rings. The van der Waals surface area contributed by atoms with Crippen LogP contribution in [-0.4, -0.2) is 38.3 Å². The van der Waals surface area contributed by atoms with Gasteiger partial charge in [-0.1, -0.05) is 0 Å². The number of rotatable bonds is 2. The first-order chi connectivity index (χ1) is 10.3. The average molecular weight is 299 g/mol. The fraction of sp³-hybridized carbons (Fsp3) is 0.429. The third-order valence-corrected chi connectivity index (χ3v) is 4.17. The topological polar surface area (TPSA) is 96.0 Å². The zero-order valence-corrected chi connectivity index (χ0v) is 13.1. The molecule has 1 aliphatic heterocycles. The molecule has 3 rings (SSSR count). The summed E-state index contributed by atoms with van der Waals surface area (Å²) in [5.74, 6) is 0.797. The van der Waals surface area contributed by atoms with E-state index in [0.29, 0.717) is 22.7 Å². The number of hydrogen-bond acceptors (Lipinski definition) is 7. The van der Waals surface area contributed by atoms with Gasteiger partial charge in [0.2, 0.25) is 0 Å². The van der Waals surface area contributed by atoms with E-state index < -0.39 is 18.3 Å². The summed E-state index contributed by atoms with van der Waals surface area (Å²) < 4.78 is 11.9. The van der Waals surface area contributed by atoms with Crippen LogP contribution in [0.3, 0.4) is 0 Å². The van der Waals surface area contributed by atoms with Crippen molar-refractivity contribution in [1.29, 1.82) is 0 Å². The summed E-state index contributed by atoms with van der Waals surface area (Å²) in [5.41, 5.74) is 6.52. The Labute approximate surface area is 129 Å². The highest BCUT2D eigenvalue weighted by atomic mass is 16.7. The Hall–Kier alpha value is -2.06. The highest BCUT2D eigenvalue weighted by Gasteiger charge is 2.52. The molecule has 8 heteroatoms. The maximum absolute atomic E-state index is 6.06. The highest BCUT2D eigenvalue weighted by Crippen LogP contribution is 2.36. The summed E-state index contributed by atoms with van der Waals surface area (Å²) >= 11 is 0. The molecule has 0 aliphatic carbocycles. The van der Waals surface area contributed by atoms with E-state index in [2.05, 4.69) is 19.9 Å². The number of nitrogens with zero attached hydrogens (tertiary/aromatic N) is 4. The SMILES string of the molecule is CC1(C)OB(c2cnc(-c3cncnc3)nc2N)OC1(C)C. The van der Waals surface area contributed by atoms with Gasteiger partial charge in [-0.3, -0.25) is 0 Å². The average Bonchev–Trinajstić information content (AvgIpc) is 2.68. The predicted octanol–water partition coefficient (Wildman–Crippen LogP) is 0.815. The van der Waals surface area contributed by atoms with Gasteiger partial charge in [-0.05, 0) is 27.7 Å². The monoisotopic (exact) mass is 299 g/mol. The van der Waals surface area contributed by atoms with Gasteiger partial charge in [0.1, 0.15) is 12.1 Å². The fourth-order valence-electron chi connectivity index (χ4n) is 2.11. The van der Waals surface area contributed by atoms with E-state index >= 15 is 0 Å². The lowest BCUT2D eigenvalue weighted by Gasteiger charge is -2.32. The van der Waals surface area contributed by atoms with Gasteiger partial charge in [0.05, 0.1) is 16.8 Å². The summed E-state index contributed by atoms with van der Waals surface area (Å²) in [6.07, 6.45) is 6.35. The summed E-state index contributed by atoms with van der Waals surface area (Å²) in [6.45, 7) is 7.94. The van der Waals surface area contributed by atoms with Crippen LogP contribution in [0.4, 0.5) is 5.82 Å². The zero-order chi connectivity index (χ0) is 16.0. The van der Waals surface area contributed by atoms with Gasteiger partial charge < -0.3 is 15.0 Å². The van der Waals surface area contributed by atoms with E-state index in [1.54, 1.807) is 18.6 Å². The van der Waals surface area contributed by atoms with E-state index in [1.165, 1.54) is 6.33 Å². The standard InChI is InChI=1S/C14H18BN5O2/c1-13(2)14(3,4)22-15(21-13)10-7-19-12(20-11(10)16)9-5-17-8-18-6-9/h5-8H,1-4H3,(H2,16,19,20). The molecule has 22 heavy (non-hydrogen) atoms. The quantitative estimate of drug-likeness (QED) is 0.820. The van der Waals surface area contributed by atoms with Crippen molar-refractivity contribution in [3.8, 4) is 11.4 Å². The van der Waals surface area contributed by atoms with E-state index in [9.17, 15) is 0 Å². The first kappa shape index (κ1) is 14.9. The predicted molar refractivity (Wildman–Crippen MR) is 83.2 cm³/mol. The lowest BCUT2D eigenvalue weighted by molar-refractivity contribution is 0.00578. The van der Waals surface area contributed by atoms with Crippen molar-refractivity contribution in [2.45, 2.75) is 38.9 Å². The molecule has 0 unspecified atom stereocenters. The fourth-order valence-corrected chi connectivity index (χ4v) is 2.11. The van der Waals surface area contributed by atoms with E-state index in [4.69, 9.17) is 15.0 Å². The lowest BCUT2D eigenvalue weighted by Crippen LogP contribution is -2.41. The molecular weight excluding hydrogens is 281 g/mol. The van der Waals surface area contributed by atoms with Crippen LogP contribution in [-0.2, 0) is 9.31 Å². The molecule has 0 aromatic carbocycles. The Morgan fingerprint density at radius 3 is 2.14 bits per heavy atom. The Morgan fingerprint density at radius 1 is 1.00 bits per heavy atom. The van der Waals surface area contributed by atoms with Gasteiger partial charge >= 0.3 is 7.12 Å². The van der Waals surface area contributed by atoms with Crippen LogP contribution in [0.5, 0.6) is 0 Å². The van der Waals surface area contributed by atoms with Crippen LogP contribution in [0.15, 0.2) is 24.9 Å². The molecule has 1 fully saturated rings. The van der Waals surface area contributed by atoms with Crippen molar-refractivity contribution in [1.82, 2.24) is 19.9 Å². The van der Waals surface area contributed by atoms with Gasteiger partial charge in [0, 0.05) is 24.1 Å². The number of nitrogen functional groups attached to an aromatic ring is 1. The molecule has 0 amide bonds. The van der Waals surface area contributed by atoms with Crippen molar-refractivity contribution in [2.75, 3.05) is 5.73 Å². The molecule has 0 bridgehead atoms. The molecule has 0 radical (unpaired) electrons. The van der Waals surface area contributed by atoms with Crippen molar-refractivity contribution in [3.05, 3.63) is 24.9 Å². The molecule has 0 spiro atoms. The number of nitrogens with two attached hydrogens (primary N) is 1. The van der Waals surface area contributed by atoms with Crippen LogP contribution < -0.4 is 11.2 Å². The largest absolute Gasteiger partial charge is 0.500 e. The van der Waals surface area contributed by atoms with Gasteiger partial charge in [-0.2, -0.15) is 0 Å². The molecule has 114 valence electrons. The molecule has 1 aliphatic rings. The van der Waals surface area contributed by atoms with E-state index in [0.717, 1.165) is 0 Å². The lowest BCUT2D eigenvalue weighted by atomic mass is 9.80. The molecule has 0 atom stereocenters. The summed E-state index contributed by atoms with van der Waals surface area (Å²) in [6, 6.07) is 0. The van der Waals surface area contributed by atoms with Crippen LogP contribution in [0.25, 0.3) is 11.4 Å². The van der Waals surface area contributed by atoms with Crippen molar-refractivity contribution >= 4 is 18.4 Å². The van der Waals surface area contributed by atoms with Crippen molar-refractivity contribution < 1.29 is 9.31 Å². The Kier molecular flexibility index (Phi) is 3.38. The minimum Gasteiger partial charge on any atom is -0.399 e. The minimum absolute atomic E-state index is 0.326. The van der Waals surface area contributed by atoms with Crippen molar-refractivity contribution in [3.63, 3.8) is 0 Å². The molecule has 7 nitrogen and oxygen atoms in total. The maximum Gasteiger partial charge on any atom is 0.500 e. The third-order valence-electron chi connectivity index (χ3n) is 4.17. The van der Waals surface area contributed by atoms with E-state index in [1.807, 2.05) is 27.7 Å². The Bertz CT molecular complexity index is 677. The first-order valence-electron chi connectivity index (χ1n) is 7.03. The number of anilines is 1. The minimum atomic E-state index is -0.578. The number of aromatic nitrogens is 4. The second-order valence-corrected chi connectivity index (χ2v) is 6.25. The van der Waals surface area contributed by atoms with E-state index in [-0.39, 0.29) is 0 Å². The molecule has 2 aromatic heterocycles. The van der Waals surface area contributed by atoms with Crippen molar-refractivity contribution in [2.24, 2.45) is 0 Å². The summed E-state index contributed by atoms with van der Waals surface area (Å²) in [7, 11) is -0.578. The van der Waals surface area contributed by atoms with Gasteiger partial charge in [0.15, 0.2) is 5.82 Å². The second kappa shape index (κ2) is 5.00. The maximum atomic E-state index is 6.06. The molecular formula is C14H18BN5O2. The summed E-state index contributed by atoms with van der Waals surface area (Å²) in [4.78, 5) is 16.5. The van der Waals surface area contributed by atoms with Crippen LogP contribution in [0.1, 0.15) is 27.7 Å². The molecule has 0 saturated carbocycles. The normalized spacial score (nSPS) is 19.4. The number of hydrogen-bond donors (Lipinski definition) is 1. The molecule has 2 N–H and O–H groups in total. The molecule has 3 heterocycles. The van der Waals surface area contributed by atoms with Crippen LogP contribution in [0.2, 0.25) is 0 Å². The Morgan fingerprint density at radius 2 is 1.59 bits per heavy atom. The zero-order valence-electron chi connectivity index (χ0n) is 13.1. The van der Waals surface area contributed by atoms with Crippen LogP contribution >= 0.6 is 0 Å². The van der Waals surface area contributed by atoms with Gasteiger partial charge in [-0.15, -0.1) is 0 Å². The van der Waals surface area contributed by atoms with Gasteiger partial charge in [0.25, 0.3) is 0 Å². The second-order valence-electron chi connectivity index (χ2n) is 6.25. The third kappa shape index (κ3) is 2.44.